The van der Waals surface area contributed by atoms with Crippen molar-refractivity contribution in [2.24, 2.45) is 0 Å². The minimum absolute atomic E-state index is 0.168. The number of benzene rings is 1. The molecule has 3 heteroatoms. The maximum Gasteiger partial charge on any atom is 0.123 e. The third-order valence-electron chi connectivity index (χ3n) is 3.04. The van der Waals surface area contributed by atoms with E-state index in [0.717, 1.165) is 30.8 Å². The minimum atomic E-state index is -0.168. The second kappa shape index (κ2) is 6.60. The average Bonchev–Trinajstić information content (AvgIpc) is 2.34. The number of anilines is 1. The van der Waals surface area contributed by atoms with Crippen LogP contribution in [0.3, 0.4) is 0 Å². The van der Waals surface area contributed by atoms with Crippen LogP contribution in [0, 0.1) is 5.82 Å². The van der Waals surface area contributed by atoms with Gasteiger partial charge in [-0.3, -0.25) is 0 Å². The number of halogens is 1. The molecule has 0 saturated heterocycles. The summed E-state index contributed by atoms with van der Waals surface area (Å²) in [6, 6.07) is 5.19. The number of hydrogen-bond acceptors (Lipinski definition) is 2. The summed E-state index contributed by atoms with van der Waals surface area (Å²) in [5.74, 6) is -0.168. The molecule has 0 radical (unpaired) electrons. The summed E-state index contributed by atoms with van der Waals surface area (Å²) in [4.78, 5) is 2.14. The topological polar surface area (TPSA) is 15.3 Å². The fourth-order valence-corrected chi connectivity index (χ4v) is 1.86. The molecule has 0 bridgehead atoms. The first-order valence-corrected chi connectivity index (χ1v) is 6.34. The van der Waals surface area contributed by atoms with Gasteiger partial charge in [0.25, 0.3) is 0 Å². The second-order valence-corrected chi connectivity index (χ2v) is 4.39. The molecule has 1 N–H and O–H groups in total. The standard InChI is InChI=1S/C14H23FN2/c1-5-9-16-11(3)13-10-12(15)7-8-14(13)17(4)6-2/h7-8,10-11,16H,5-6,9H2,1-4H3. The summed E-state index contributed by atoms with van der Waals surface area (Å²) in [6.07, 6.45) is 1.08. The van der Waals surface area contributed by atoms with Crippen molar-refractivity contribution >= 4 is 5.69 Å². The van der Waals surface area contributed by atoms with Gasteiger partial charge in [-0.2, -0.15) is 0 Å². The minimum Gasteiger partial charge on any atom is -0.375 e. The lowest BCUT2D eigenvalue weighted by Crippen LogP contribution is -2.24. The zero-order valence-electron chi connectivity index (χ0n) is 11.3. The fourth-order valence-electron chi connectivity index (χ4n) is 1.86. The van der Waals surface area contributed by atoms with Crippen molar-refractivity contribution in [3.63, 3.8) is 0 Å². The summed E-state index contributed by atoms with van der Waals surface area (Å²) in [6.45, 7) is 8.17. The monoisotopic (exact) mass is 238 g/mol. The maximum atomic E-state index is 13.4. The molecule has 0 aliphatic rings. The zero-order chi connectivity index (χ0) is 12.8. The molecule has 0 heterocycles. The van der Waals surface area contributed by atoms with Crippen molar-refractivity contribution < 1.29 is 4.39 Å². The first-order valence-electron chi connectivity index (χ1n) is 6.34. The predicted octanol–water partition coefficient (Wildman–Crippen LogP) is 3.34. The first kappa shape index (κ1) is 14.0. The van der Waals surface area contributed by atoms with Crippen molar-refractivity contribution in [3.8, 4) is 0 Å². The highest BCUT2D eigenvalue weighted by molar-refractivity contribution is 5.54. The highest BCUT2D eigenvalue weighted by Crippen LogP contribution is 2.26. The number of nitrogens with one attached hydrogen (secondary N) is 1. The van der Waals surface area contributed by atoms with Gasteiger partial charge in [0.2, 0.25) is 0 Å². The Bertz CT molecular complexity index is 352. The molecule has 1 unspecified atom stereocenters. The molecule has 1 aromatic rings. The summed E-state index contributed by atoms with van der Waals surface area (Å²) < 4.78 is 13.4. The Morgan fingerprint density at radius 3 is 2.65 bits per heavy atom. The Morgan fingerprint density at radius 1 is 1.35 bits per heavy atom. The van der Waals surface area contributed by atoms with Crippen molar-refractivity contribution in [1.29, 1.82) is 0 Å². The third-order valence-corrected chi connectivity index (χ3v) is 3.04. The van der Waals surface area contributed by atoms with Crippen LogP contribution < -0.4 is 10.2 Å². The van der Waals surface area contributed by atoms with Crippen LogP contribution in [-0.4, -0.2) is 20.1 Å². The summed E-state index contributed by atoms with van der Waals surface area (Å²) in [7, 11) is 2.03. The molecule has 0 fully saturated rings. The SMILES string of the molecule is CCCNC(C)c1cc(F)ccc1N(C)CC. The lowest BCUT2D eigenvalue weighted by atomic mass is 10.0. The molecule has 0 spiro atoms. The van der Waals surface area contributed by atoms with E-state index in [1.165, 1.54) is 6.07 Å². The largest absolute Gasteiger partial charge is 0.375 e. The molecular weight excluding hydrogens is 215 g/mol. The van der Waals surface area contributed by atoms with Gasteiger partial charge in [0.05, 0.1) is 0 Å². The van der Waals surface area contributed by atoms with Crippen molar-refractivity contribution in [1.82, 2.24) is 5.32 Å². The van der Waals surface area contributed by atoms with Gasteiger partial charge in [0.15, 0.2) is 0 Å². The highest BCUT2D eigenvalue weighted by atomic mass is 19.1. The molecule has 1 rings (SSSR count). The van der Waals surface area contributed by atoms with Gasteiger partial charge in [-0.25, -0.2) is 4.39 Å². The van der Waals surface area contributed by atoms with E-state index < -0.39 is 0 Å². The maximum absolute atomic E-state index is 13.4. The Hall–Kier alpha value is -1.09. The average molecular weight is 238 g/mol. The summed E-state index contributed by atoms with van der Waals surface area (Å²) in [5, 5.41) is 3.40. The van der Waals surface area contributed by atoms with Crippen molar-refractivity contribution in [2.45, 2.75) is 33.2 Å². The molecular formula is C14H23FN2. The van der Waals surface area contributed by atoms with Crippen LogP contribution in [0.25, 0.3) is 0 Å². The summed E-state index contributed by atoms with van der Waals surface area (Å²) in [5.41, 5.74) is 2.13. The van der Waals surface area contributed by atoms with E-state index >= 15 is 0 Å². The van der Waals surface area contributed by atoms with Crippen LogP contribution in [0.15, 0.2) is 18.2 Å². The lowest BCUT2D eigenvalue weighted by Gasteiger charge is -2.24. The van der Waals surface area contributed by atoms with E-state index in [4.69, 9.17) is 0 Å². The van der Waals surface area contributed by atoms with Crippen molar-refractivity contribution in [3.05, 3.63) is 29.6 Å². The van der Waals surface area contributed by atoms with Crippen LogP contribution in [0.5, 0.6) is 0 Å². The van der Waals surface area contributed by atoms with Gasteiger partial charge < -0.3 is 10.2 Å². The van der Waals surface area contributed by atoms with Crippen LogP contribution in [0.1, 0.15) is 38.8 Å². The zero-order valence-corrected chi connectivity index (χ0v) is 11.3. The van der Waals surface area contributed by atoms with Crippen LogP contribution >= 0.6 is 0 Å². The molecule has 96 valence electrons. The fraction of sp³-hybridized carbons (Fsp3) is 0.571. The van der Waals surface area contributed by atoms with Gasteiger partial charge in [0, 0.05) is 25.3 Å². The quantitative estimate of drug-likeness (QED) is 0.817. The molecule has 0 saturated carbocycles. The lowest BCUT2D eigenvalue weighted by molar-refractivity contribution is 0.561. The normalized spacial score (nSPS) is 12.5. The molecule has 1 atom stereocenters. The van der Waals surface area contributed by atoms with E-state index in [1.807, 2.05) is 13.1 Å². The van der Waals surface area contributed by atoms with E-state index in [2.05, 4.69) is 31.0 Å². The van der Waals surface area contributed by atoms with E-state index in [0.29, 0.717) is 0 Å². The van der Waals surface area contributed by atoms with Gasteiger partial charge in [-0.05, 0) is 50.6 Å². The van der Waals surface area contributed by atoms with Gasteiger partial charge in [-0.1, -0.05) is 6.92 Å². The molecule has 0 amide bonds. The van der Waals surface area contributed by atoms with Crippen molar-refractivity contribution in [2.75, 3.05) is 25.0 Å². The van der Waals surface area contributed by atoms with E-state index in [1.54, 1.807) is 6.07 Å². The van der Waals surface area contributed by atoms with Gasteiger partial charge in [0.1, 0.15) is 5.82 Å². The van der Waals surface area contributed by atoms with Crippen LogP contribution in [0.4, 0.5) is 10.1 Å². The number of rotatable bonds is 6. The van der Waals surface area contributed by atoms with Gasteiger partial charge >= 0.3 is 0 Å². The summed E-state index contributed by atoms with van der Waals surface area (Å²) >= 11 is 0. The number of hydrogen-bond donors (Lipinski definition) is 1. The molecule has 0 aliphatic carbocycles. The Kier molecular flexibility index (Phi) is 5.42. The number of nitrogens with zero attached hydrogens (tertiary/aromatic N) is 1. The van der Waals surface area contributed by atoms with Gasteiger partial charge in [-0.15, -0.1) is 0 Å². The predicted molar refractivity (Wildman–Crippen MR) is 72.1 cm³/mol. The van der Waals surface area contributed by atoms with E-state index in [-0.39, 0.29) is 11.9 Å². The molecule has 17 heavy (non-hydrogen) atoms. The molecule has 2 nitrogen and oxygen atoms in total. The second-order valence-electron chi connectivity index (χ2n) is 4.39. The molecule has 0 aliphatic heterocycles. The highest BCUT2D eigenvalue weighted by Gasteiger charge is 2.13. The Balaban J connectivity index is 2.97. The molecule has 1 aromatic carbocycles. The first-order chi connectivity index (χ1) is 8.10. The Morgan fingerprint density at radius 2 is 2.06 bits per heavy atom. The third kappa shape index (κ3) is 3.70. The smallest absolute Gasteiger partial charge is 0.123 e. The Labute approximate surface area is 104 Å². The van der Waals surface area contributed by atoms with E-state index in [9.17, 15) is 4.39 Å². The van der Waals surface area contributed by atoms with Crippen LogP contribution in [0.2, 0.25) is 0 Å². The molecule has 0 aromatic heterocycles. The van der Waals surface area contributed by atoms with Crippen LogP contribution in [-0.2, 0) is 0 Å².